The van der Waals surface area contributed by atoms with Gasteiger partial charge >= 0.3 is 0 Å². The summed E-state index contributed by atoms with van der Waals surface area (Å²) in [5.41, 5.74) is 0.0403. The Bertz CT molecular complexity index is 384. The Hall–Kier alpha value is -1.34. The maximum Gasteiger partial charge on any atom is 0.166 e. The number of nitriles is 1. The first-order valence-electron chi connectivity index (χ1n) is 4.07. The Kier molecular flexibility index (Phi) is 3.26. The number of nitrogens with zero attached hydrogens (tertiary/aromatic N) is 2. The van der Waals surface area contributed by atoms with Crippen LogP contribution in [0.15, 0.2) is 6.07 Å². The minimum absolute atomic E-state index is 0.0112. The van der Waals surface area contributed by atoms with E-state index in [1.165, 1.54) is 0 Å². The second-order valence-corrected chi connectivity index (χ2v) is 3.43. The van der Waals surface area contributed by atoms with E-state index in [0.717, 1.165) is 6.07 Å². The summed E-state index contributed by atoms with van der Waals surface area (Å²) < 4.78 is 13.2. The van der Waals surface area contributed by atoms with Gasteiger partial charge in [-0.05, 0) is 19.9 Å². The summed E-state index contributed by atoms with van der Waals surface area (Å²) >= 11 is 5.64. The molecule has 0 aromatic carbocycles. The van der Waals surface area contributed by atoms with Crippen molar-refractivity contribution in [1.29, 1.82) is 5.26 Å². The third kappa shape index (κ3) is 2.33. The lowest BCUT2D eigenvalue weighted by molar-refractivity contribution is 0.621. The van der Waals surface area contributed by atoms with Gasteiger partial charge in [-0.15, -0.1) is 0 Å². The largest absolute Gasteiger partial charge is 0.365 e. The molecule has 0 saturated heterocycles. The molecule has 1 heterocycles. The number of aromatic nitrogens is 1. The van der Waals surface area contributed by atoms with Crippen molar-refractivity contribution in [3.63, 3.8) is 0 Å². The molecular weight excluding hydrogens is 205 g/mol. The molecule has 1 aromatic rings. The summed E-state index contributed by atoms with van der Waals surface area (Å²) in [5, 5.41) is 11.4. The smallest absolute Gasteiger partial charge is 0.166 e. The molecule has 0 saturated carbocycles. The van der Waals surface area contributed by atoms with E-state index in [0.29, 0.717) is 0 Å². The number of hydrogen-bond acceptors (Lipinski definition) is 3. The van der Waals surface area contributed by atoms with Crippen molar-refractivity contribution in [3.05, 3.63) is 22.6 Å². The molecular formula is C9H9ClFN3. The van der Waals surface area contributed by atoms with Crippen LogP contribution in [0.4, 0.5) is 10.2 Å². The molecule has 0 fully saturated rings. The van der Waals surface area contributed by atoms with Crippen molar-refractivity contribution in [2.75, 3.05) is 5.32 Å². The predicted octanol–water partition coefficient (Wildman–Crippen LogP) is 2.57. The highest BCUT2D eigenvalue weighted by Gasteiger charge is 2.10. The maximum absolute atomic E-state index is 13.2. The fraction of sp³-hybridized carbons (Fsp3) is 0.333. The molecule has 0 amide bonds. The van der Waals surface area contributed by atoms with Gasteiger partial charge in [0.1, 0.15) is 11.2 Å². The van der Waals surface area contributed by atoms with Gasteiger partial charge in [-0.25, -0.2) is 9.37 Å². The first kappa shape index (κ1) is 10.7. The third-order valence-corrected chi connectivity index (χ3v) is 1.76. The molecule has 14 heavy (non-hydrogen) atoms. The first-order chi connectivity index (χ1) is 6.54. The van der Waals surface area contributed by atoms with Crippen molar-refractivity contribution in [2.45, 2.75) is 19.9 Å². The van der Waals surface area contributed by atoms with Crippen LogP contribution in [0.3, 0.4) is 0 Å². The lowest BCUT2D eigenvalue weighted by Gasteiger charge is -2.10. The summed E-state index contributed by atoms with van der Waals surface area (Å²) in [5.74, 6) is -0.497. The summed E-state index contributed by atoms with van der Waals surface area (Å²) in [6.45, 7) is 3.71. The molecule has 0 aliphatic heterocycles. The Balaban J connectivity index is 3.10. The van der Waals surface area contributed by atoms with Crippen LogP contribution in [0.2, 0.25) is 5.15 Å². The standard InChI is InChI=1S/C9H9ClFN3/c1-5(2)13-9-7(11)3-6(4-12)8(10)14-9/h3,5H,1-2H3,(H,13,14). The summed E-state index contributed by atoms with van der Waals surface area (Å²) in [7, 11) is 0. The summed E-state index contributed by atoms with van der Waals surface area (Å²) in [4.78, 5) is 3.74. The Labute approximate surface area is 86.5 Å². The molecule has 0 atom stereocenters. The van der Waals surface area contributed by atoms with Crippen LogP contribution in [-0.2, 0) is 0 Å². The van der Waals surface area contributed by atoms with Crippen LogP contribution in [0.25, 0.3) is 0 Å². The van der Waals surface area contributed by atoms with Crippen molar-refractivity contribution in [2.24, 2.45) is 0 Å². The number of rotatable bonds is 2. The Morgan fingerprint density at radius 3 is 2.79 bits per heavy atom. The minimum Gasteiger partial charge on any atom is -0.365 e. The molecule has 74 valence electrons. The number of hydrogen-bond donors (Lipinski definition) is 1. The van der Waals surface area contributed by atoms with E-state index in [1.54, 1.807) is 6.07 Å². The fourth-order valence-corrected chi connectivity index (χ4v) is 1.10. The van der Waals surface area contributed by atoms with E-state index in [9.17, 15) is 4.39 Å². The van der Waals surface area contributed by atoms with E-state index in [1.807, 2.05) is 13.8 Å². The molecule has 0 aliphatic carbocycles. The van der Waals surface area contributed by atoms with Gasteiger partial charge in [0.05, 0.1) is 5.56 Å². The van der Waals surface area contributed by atoms with Crippen molar-refractivity contribution < 1.29 is 4.39 Å². The quantitative estimate of drug-likeness (QED) is 0.769. The first-order valence-corrected chi connectivity index (χ1v) is 4.45. The van der Waals surface area contributed by atoms with Gasteiger partial charge in [-0.1, -0.05) is 11.6 Å². The van der Waals surface area contributed by atoms with Crippen LogP contribution >= 0.6 is 11.6 Å². The van der Waals surface area contributed by atoms with Crippen molar-refractivity contribution in [3.8, 4) is 6.07 Å². The molecule has 3 nitrogen and oxygen atoms in total. The normalized spacial score (nSPS) is 10.0. The average molecular weight is 214 g/mol. The van der Waals surface area contributed by atoms with Gasteiger partial charge in [-0.3, -0.25) is 0 Å². The zero-order valence-electron chi connectivity index (χ0n) is 7.81. The van der Waals surface area contributed by atoms with Crippen LogP contribution in [0.1, 0.15) is 19.4 Å². The zero-order valence-corrected chi connectivity index (χ0v) is 8.56. The minimum atomic E-state index is -0.570. The highest BCUT2D eigenvalue weighted by molar-refractivity contribution is 6.30. The van der Waals surface area contributed by atoms with Crippen LogP contribution in [0.5, 0.6) is 0 Å². The van der Waals surface area contributed by atoms with Gasteiger partial charge in [0.2, 0.25) is 0 Å². The van der Waals surface area contributed by atoms with E-state index < -0.39 is 5.82 Å². The third-order valence-electron chi connectivity index (χ3n) is 1.48. The summed E-state index contributed by atoms with van der Waals surface area (Å²) in [6.07, 6.45) is 0. The van der Waals surface area contributed by atoms with Crippen LogP contribution in [0, 0.1) is 17.1 Å². The highest BCUT2D eigenvalue weighted by Crippen LogP contribution is 2.19. The molecule has 1 aromatic heterocycles. The highest BCUT2D eigenvalue weighted by atomic mass is 35.5. The topological polar surface area (TPSA) is 48.7 Å². The Morgan fingerprint density at radius 2 is 2.29 bits per heavy atom. The van der Waals surface area contributed by atoms with E-state index in [2.05, 4.69) is 10.3 Å². The molecule has 1 N–H and O–H groups in total. The summed E-state index contributed by atoms with van der Waals surface area (Å²) in [6, 6.07) is 2.88. The van der Waals surface area contributed by atoms with Gasteiger partial charge in [0.15, 0.2) is 11.6 Å². The lowest BCUT2D eigenvalue weighted by Crippen LogP contribution is -2.12. The number of halogens is 2. The molecule has 0 aliphatic rings. The Morgan fingerprint density at radius 1 is 1.64 bits per heavy atom. The fourth-order valence-electron chi connectivity index (χ4n) is 0.919. The second kappa shape index (κ2) is 4.25. The molecule has 5 heteroatoms. The average Bonchev–Trinajstić information content (AvgIpc) is 2.10. The SMILES string of the molecule is CC(C)Nc1nc(Cl)c(C#N)cc1F. The van der Waals surface area contributed by atoms with Gasteiger partial charge in [0.25, 0.3) is 0 Å². The second-order valence-electron chi connectivity index (χ2n) is 3.07. The predicted molar refractivity (Wildman–Crippen MR) is 52.7 cm³/mol. The lowest BCUT2D eigenvalue weighted by atomic mass is 10.3. The van der Waals surface area contributed by atoms with E-state index in [4.69, 9.17) is 16.9 Å². The van der Waals surface area contributed by atoms with Gasteiger partial charge < -0.3 is 5.32 Å². The maximum atomic E-state index is 13.2. The van der Waals surface area contributed by atoms with Crippen molar-refractivity contribution in [1.82, 2.24) is 4.98 Å². The van der Waals surface area contributed by atoms with Gasteiger partial charge in [-0.2, -0.15) is 5.26 Å². The number of pyridine rings is 1. The monoisotopic (exact) mass is 213 g/mol. The van der Waals surface area contributed by atoms with E-state index in [-0.39, 0.29) is 22.6 Å². The van der Waals surface area contributed by atoms with Gasteiger partial charge in [0, 0.05) is 6.04 Å². The molecule has 0 spiro atoms. The van der Waals surface area contributed by atoms with Crippen LogP contribution in [-0.4, -0.2) is 11.0 Å². The molecule has 1 rings (SSSR count). The molecule has 0 unspecified atom stereocenters. The number of nitrogens with one attached hydrogen (secondary N) is 1. The van der Waals surface area contributed by atoms with E-state index >= 15 is 0 Å². The number of anilines is 1. The molecule has 0 radical (unpaired) electrons. The van der Waals surface area contributed by atoms with Crippen LogP contribution < -0.4 is 5.32 Å². The zero-order chi connectivity index (χ0) is 10.7. The molecule has 0 bridgehead atoms. The van der Waals surface area contributed by atoms with Crippen molar-refractivity contribution >= 4 is 17.4 Å².